The fourth-order valence-electron chi connectivity index (χ4n) is 2.27. The molecule has 1 aromatic rings. The summed E-state index contributed by atoms with van der Waals surface area (Å²) >= 11 is 0. The maximum Gasteiger partial charge on any atom is 0.0991 e. The molecule has 1 fully saturated rings. The van der Waals surface area contributed by atoms with E-state index in [1.54, 1.807) is 0 Å². The Hall–Kier alpha value is -1.53. The van der Waals surface area contributed by atoms with Crippen molar-refractivity contribution in [1.29, 1.82) is 5.26 Å². The number of aryl methyl sites for hydroxylation is 1. The summed E-state index contributed by atoms with van der Waals surface area (Å²) in [5.41, 5.74) is 3.05. The van der Waals surface area contributed by atoms with Gasteiger partial charge in [0, 0.05) is 11.7 Å². The molecule has 1 saturated heterocycles. The molecule has 0 radical (unpaired) electrons. The molecule has 90 valence electrons. The molecule has 0 aliphatic carbocycles. The molecule has 2 rings (SSSR count). The number of likely N-dealkylation sites (tertiary alicyclic amines) is 1. The van der Waals surface area contributed by atoms with Gasteiger partial charge >= 0.3 is 0 Å². The summed E-state index contributed by atoms with van der Waals surface area (Å²) in [6.07, 6.45) is 2.38. The van der Waals surface area contributed by atoms with Crippen LogP contribution in [0.4, 0.5) is 5.69 Å². The molecule has 0 saturated carbocycles. The Labute approximate surface area is 103 Å². The number of anilines is 1. The average Bonchev–Trinajstić information content (AvgIpc) is 2.34. The number of hydrogen-bond acceptors (Lipinski definition) is 3. The number of rotatable bonds is 2. The minimum absolute atomic E-state index is 0.567. The number of piperidine rings is 1. The minimum atomic E-state index is 0.567. The molecule has 1 aromatic carbocycles. The van der Waals surface area contributed by atoms with E-state index in [0.717, 1.165) is 24.2 Å². The van der Waals surface area contributed by atoms with Gasteiger partial charge in [-0.15, -0.1) is 0 Å². The maximum atomic E-state index is 8.83. The van der Waals surface area contributed by atoms with Gasteiger partial charge in [0.2, 0.25) is 0 Å². The molecule has 0 spiro atoms. The molecular weight excluding hydrogens is 210 g/mol. The molecule has 17 heavy (non-hydrogen) atoms. The fourth-order valence-corrected chi connectivity index (χ4v) is 2.27. The first kappa shape index (κ1) is 11.9. The Morgan fingerprint density at radius 2 is 2.06 bits per heavy atom. The highest BCUT2D eigenvalue weighted by molar-refractivity contribution is 5.54. The third-order valence-electron chi connectivity index (χ3n) is 3.43. The lowest BCUT2D eigenvalue weighted by Crippen LogP contribution is -2.36. The predicted octanol–water partition coefficient (Wildman–Crippen LogP) is 2.37. The van der Waals surface area contributed by atoms with Crippen LogP contribution in [0.1, 0.15) is 24.0 Å². The van der Waals surface area contributed by atoms with Crippen molar-refractivity contribution in [2.24, 2.45) is 0 Å². The molecule has 0 amide bonds. The lowest BCUT2D eigenvalue weighted by atomic mass is 10.0. The third kappa shape index (κ3) is 2.98. The zero-order valence-corrected chi connectivity index (χ0v) is 10.5. The number of benzene rings is 1. The second kappa shape index (κ2) is 5.20. The molecule has 0 unspecified atom stereocenters. The minimum Gasteiger partial charge on any atom is -0.382 e. The van der Waals surface area contributed by atoms with Crippen LogP contribution in [0.2, 0.25) is 0 Å². The molecule has 0 aromatic heterocycles. The summed E-state index contributed by atoms with van der Waals surface area (Å²) < 4.78 is 0. The van der Waals surface area contributed by atoms with Crippen LogP contribution in [0.3, 0.4) is 0 Å². The molecule has 1 aliphatic rings. The Bertz CT molecular complexity index is 426. The average molecular weight is 229 g/mol. The number of nitrogens with zero attached hydrogens (tertiary/aromatic N) is 2. The maximum absolute atomic E-state index is 8.83. The van der Waals surface area contributed by atoms with Gasteiger partial charge in [0.15, 0.2) is 0 Å². The summed E-state index contributed by atoms with van der Waals surface area (Å²) in [7, 11) is 2.17. The van der Waals surface area contributed by atoms with Crippen LogP contribution >= 0.6 is 0 Å². The van der Waals surface area contributed by atoms with Gasteiger partial charge in [-0.1, -0.05) is 0 Å². The van der Waals surface area contributed by atoms with Crippen LogP contribution in [0, 0.1) is 18.3 Å². The van der Waals surface area contributed by atoms with Crippen LogP contribution in [0.15, 0.2) is 18.2 Å². The molecule has 1 aliphatic heterocycles. The zero-order chi connectivity index (χ0) is 12.3. The Kier molecular flexibility index (Phi) is 3.65. The molecule has 3 heteroatoms. The summed E-state index contributed by atoms with van der Waals surface area (Å²) in [5.74, 6) is 0. The van der Waals surface area contributed by atoms with Crippen LogP contribution in [0.5, 0.6) is 0 Å². The molecule has 0 atom stereocenters. The van der Waals surface area contributed by atoms with Crippen LogP contribution in [-0.4, -0.2) is 31.1 Å². The summed E-state index contributed by atoms with van der Waals surface area (Å²) in [6, 6.07) is 8.58. The monoisotopic (exact) mass is 229 g/mol. The second-order valence-electron chi connectivity index (χ2n) is 4.86. The SMILES string of the molecule is Cc1cc(C#N)ccc1NC1CCN(C)CC1. The van der Waals surface area contributed by atoms with E-state index in [-0.39, 0.29) is 0 Å². The summed E-state index contributed by atoms with van der Waals surface area (Å²) in [5, 5.41) is 12.4. The standard InChI is InChI=1S/C14H19N3/c1-11-9-12(10-15)3-4-14(11)16-13-5-7-17(2)8-6-13/h3-4,9,13,16H,5-8H2,1-2H3. The van der Waals surface area contributed by atoms with Crippen molar-refractivity contribution in [3.05, 3.63) is 29.3 Å². The zero-order valence-electron chi connectivity index (χ0n) is 10.5. The first-order valence-electron chi connectivity index (χ1n) is 6.15. The largest absolute Gasteiger partial charge is 0.382 e. The Morgan fingerprint density at radius 3 is 2.65 bits per heavy atom. The van der Waals surface area contributed by atoms with Crippen molar-refractivity contribution >= 4 is 5.69 Å². The highest BCUT2D eigenvalue weighted by Gasteiger charge is 2.16. The van der Waals surface area contributed by atoms with Crippen molar-refractivity contribution in [2.45, 2.75) is 25.8 Å². The highest BCUT2D eigenvalue weighted by Crippen LogP contribution is 2.20. The van der Waals surface area contributed by atoms with Gasteiger partial charge in [0.05, 0.1) is 11.6 Å². The van der Waals surface area contributed by atoms with Gasteiger partial charge in [0.1, 0.15) is 0 Å². The normalized spacial score (nSPS) is 17.7. The van der Waals surface area contributed by atoms with Crippen LogP contribution < -0.4 is 5.32 Å². The highest BCUT2D eigenvalue weighted by atomic mass is 15.1. The van der Waals surface area contributed by atoms with Gasteiger partial charge in [-0.05, 0) is 63.7 Å². The molecule has 1 N–H and O–H groups in total. The Morgan fingerprint density at radius 1 is 1.35 bits per heavy atom. The van der Waals surface area contributed by atoms with Crippen molar-refractivity contribution in [1.82, 2.24) is 4.90 Å². The number of nitrogens with one attached hydrogen (secondary N) is 1. The van der Waals surface area contributed by atoms with E-state index in [4.69, 9.17) is 5.26 Å². The van der Waals surface area contributed by atoms with E-state index in [2.05, 4.69) is 30.3 Å². The van der Waals surface area contributed by atoms with Crippen LogP contribution in [-0.2, 0) is 0 Å². The molecule has 1 heterocycles. The van der Waals surface area contributed by atoms with Crippen molar-refractivity contribution in [3.63, 3.8) is 0 Å². The lowest BCUT2D eigenvalue weighted by molar-refractivity contribution is 0.264. The van der Waals surface area contributed by atoms with Gasteiger partial charge in [-0.2, -0.15) is 5.26 Å². The summed E-state index contributed by atoms with van der Waals surface area (Å²) in [6.45, 7) is 4.37. The van der Waals surface area contributed by atoms with E-state index in [1.165, 1.54) is 18.5 Å². The van der Waals surface area contributed by atoms with Crippen molar-refractivity contribution < 1.29 is 0 Å². The van der Waals surface area contributed by atoms with E-state index in [1.807, 2.05) is 18.2 Å². The van der Waals surface area contributed by atoms with E-state index in [0.29, 0.717) is 6.04 Å². The smallest absolute Gasteiger partial charge is 0.0991 e. The first-order chi connectivity index (χ1) is 8.19. The van der Waals surface area contributed by atoms with Gasteiger partial charge in [0.25, 0.3) is 0 Å². The summed E-state index contributed by atoms with van der Waals surface area (Å²) in [4.78, 5) is 2.36. The van der Waals surface area contributed by atoms with E-state index in [9.17, 15) is 0 Å². The number of hydrogen-bond donors (Lipinski definition) is 1. The first-order valence-corrected chi connectivity index (χ1v) is 6.15. The van der Waals surface area contributed by atoms with Crippen molar-refractivity contribution in [3.8, 4) is 6.07 Å². The topological polar surface area (TPSA) is 39.1 Å². The van der Waals surface area contributed by atoms with Gasteiger partial charge in [-0.25, -0.2) is 0 Å². The lowest BCUT2D eigenvalue weighted by Gasteiger charge is -2.30. The predicted molar refractivity (Wildman–Crippen MR) is 70.0 cm³/mol. The second-order valence-corrected chi connectivity index (χ2v) is 4.86. The van der Waals surface area contributed by atoms with E-state index >= 15 is 0 Å². The molecule has 0 bridgehead atoms. The number of nitriles is 1. The van der Waals surface area contributed by atoms with E-state index < -0.39 is 0 Å². The third-order valence-corrected chi connectivity index (χ3v) is 3.43. The fraction of sp³-hybridized carbons (Fsp3) is 0.500. The molecular formula is C14H19N3. The van der Waals surface area contributed by atoms with Gasteiger partial charge < -0.3 is 10.2 Å². The quantitative estimate of drug-likeness (QED) is 0.846. The van der Waals surface area contributed by atoms with Crippen molar-refractivity contribution in [2.75, 3.05) is 25.5 Å². The molecule has 3 nitrogen and oxygen atoms in total. The Balaban J connectivity index is 2.02. The van der Waals surface area contributed by atoms with Gasteiger partial charge in [-0.3, -0.25) is 0 Å². The van der Waals surface area contributed by atoms with Crippen LogP contribution in [0.25, 0.3) is 0 Å².